The number of amides is 1. The van der Waals surface area contributed by atoms with E-state index in [9.17, 15) is 4.79 Å². The van der Waals surface area contributed by atoms with E-state index in [0.717, 1.165) is 53.7 Å². The molecule has 2 heterocycles. The lowest BCUT2D eigenvalue weighted by molar-refractivity contribution is -0.117. The number of fused-ring (bicyclic) bond motifs is 2. The van der Waals surface area contributed by atoms with Gasteiger partial charge in [-0.05, 0) is 67.1 Å². The highest BCUT2D eigenvalue weighted by atomic mass is 16.5. The molecule has 0 unspecified atom stereocenters. The van der Waals surface area contributed by atoms with Crippen LogP contribution in [0.1, 0.15) is 24.3 Å². The van der Waals surface area contributed by atoms with Gasteiger partial charge in [0.15, 0.2) is 0 Å². The van der Waals surface area contributed by atoms with Crippen molar-refractivity contribution in [2.45, 2.75) is 18.8 Å². The SMILES string of the molecule is COc1ccc2[nH]cc(C3CCN(CC(=O)Nc4cccc5ccccc45)CC3)c2c1. The Morgan fingerprint density at radius 1 is 1.06 bits per heavy atom. The van der Waals surface area contributed by atoms with Crippen molar-refractivity contribution in [2.75, 3.05) is 32.1 Å². The standard InChI is InChI=1S/C26H27N3O2/c1-31-20-9-10-24-22(15-20)23(16-27-24)19-11-13-29(14-12-19)17-26(30)28-25-8-4-6-18-5-2-3-7-21(18)25/h2-10,15-16,19,27H,11-14,17H2,1H3,(H,28,30). The number of methoxy groups -OCH3 is 1. The smallest absolute Gasteiger partial charge is 0.238 e. The van der Waals surface area contributed by atoms with Crippen LogP contribution in [0.5, 0.6) is 5.75 Å². The fourth-order valence-electron chi connectivity index (χ4n) is 4.72. The van der Waals surface area contributed by atoms with Gasteiger partial charge in [0.25, 0.3) is 0 Å². The number of nitrogens with zero attached hydrogens (tertiary/aromatic N) is 1. The highest BCUT2D eigenvalue weighted by Gasteiger charge is 2.24. The van der Waals surface area contributed by atoms with E-state index in [1.54, 1.807) is 7.11 Å². The van der Waals surface area contributed by atoms with Gasteiger partial charge in [-0.1, -0.05) is 36.4 Å². The first-order chi connectivity index (χ1) is 15.2. The molecule has 5 rings (SSSR count). The molecule has 5 heteroatoms. The molecule has 5 nitrogen and oxygen atoms in total. The Balaban J connectivity index is 1.21. The number of likely N-dealkylation sites (tertiary alicyclic amines) is 1. The van der Waals surface area contributed by atoms with Crippen LogP contribution in [0.15, 0.2) is 66.9 Å². The maximum absolute atomic E-state index is 12.7. The van der Waals surface area contributed by atoms with Gasteiger partial charge in [0, 0.05) is 28.2 Å². The molecule has 1 fully saturated rings. The summed E-state index contributed by atoms with van der Waals surface area (Å²) in [5.41, 5.74) is 3.38. The molecular formula is C26H27N3O2. The second-order valence-corrected chi connectivity index (χ2v) is 8.28. The van der Waals surface area contributed by atoms with Crippen LogP contribution in [-0.2, 0) is 4.79 Å². The molecule has 1 aliphatic rings. The van der Waals surface area contributed by atoms with Crippen LogP contribution in [0.25, 0.3) is 21.7 Å². The summed E-state index contributed by atoms with van der Waals surface area (Å²) in [6.07, 6.45) is 4.23. The van der Waals surface area contributed by atoms with E-state index in [2.05, 4.69) is 45.7 Å². The fourth-order valence-corrected chi connectivity index (χ4v) is 4.72. The molecule has 1 aromatic heterocycles. The maximum atomic E-state index is 12.7. The number of anilines is 1. The van der Waals surface area contributed by atoms with Gasteiger partial charge in [0.2, 0.25) is 5.91 Å². The van der Waals surface area contributed by atoms with Crippen LogP contribution in [0.3, 0.4) is 0 Å². The molecule has 2 N–H and O–H groups in total. The van der Waals surface area contributed by atoms with E-state index < -0.39 is 0 Å². The predicted molar refractivity (Wildman–Crippen MR) is 126 cm³/mol. The number of nitrogens with one attached hydrogen (secondary N) is 2. The second-order valence-electron chi connectivity index (χ2n) is 8.28. The molecule has 0 spiro atoms. The first-order valence-corrected chi connectivity index (χ1v) is 10.9. The normalized spacial score (nSPS) is 15.4. The molecule has 0 bridgehead atoms. The zero-order valence-corrected chi connectivity index (χ0v) is 17.7. The maximum Gasteiger partial charge on any atom is 0.238 e. The zero-order chi connectivity index (χ0) is 21.2. The predicted octanol–water partition coefficient (Wildman–Crippen LogP) is 5.15. The molecule has 1 aliphatic heterocycles. The molecule has 0 aliphatic carbocycles. The Hall–Kier alpha value is -3.31. The summed E-state index contributed by atoms with van der Waals surface area (Å²) in [6.45, 7) is 2.27. The number of ether oxygens (including phenoxy) is 1. The molecular weight excluding hydrogens is 386 g/mol. The third kappa shape index (κ3) is 4.01. The van der Waals surface area contributed by atoms with Crippen molar-refractivity contribution in [3.8, 4) is 5.75 Å². The topological polar surface area (TPSA) is 57.4 Å². The number of aromatic amines is 1. The van der Waals surface area contributed by atoms with Crippen LogP contribution < -0.4 is 10.1 Å². The van der Waals surface area contributed by atoms with Crippen molar-refractivity contribution in [3.63, 3.8) is 0 Å². The summed E-state index contributed by atoms with van der Waals surface area (Å²) in [4.78, 5) is 18.4. The molecule has 158 valence electrons. The lowest BCUT2D eigenvalue weighted by Crippen LogP contribution is -2.38. The Kier molecular flexibility index (Phi) is 5.35. The van der Waals surface area contributed by atoms with Crippen molar-refractivity contribution in [2.24, 2.45) is 0 Å². The number of hydrogen-bond donors (Lipinski definition) is 2. The zero-order valence-electron chi connectivity index (χ0n) is 17.7. The second kappa shape index (κ2) is 8.44. The third-order valence-electron chi connectivity index (χ3n) is 6.38. The minimum absolute atomic E-state index is 0.0478. The number of H-pyrrole nitrogens is 1. The minimum atomic E-state index is 0.0478. The Labute approximate surface area is 182 Å². The third-order valence-corrected chi connectivity index (χ3v) is 6.38. The van der Waals surface area contributed by atoms with E-state index in [0.29, 0.717) is 12.5 Å². The number of piperidine rings is 1. The van der Waals surface area contributed by atoms with Gasteiger partial charge in [-0.25, -0.2) is 0 Å². The van der Waals surface area contributed by atoms with Gasteiger partial charge >= 0.3 is 0 Å². The highest BCUT2D eigenvalue weighted by molar-refractivity contribution is 6.02. The Morgan fingerprint density at radius 3 is 2.71 bits per heavy atom. The number of aromatic nitrogens is 1. The van der Waals surface area contributed by atoms with Gasteiger partial charge in [-0.3, -0.25) is 9.69 Å². The molecule has 1 saturated heterocycles. The van der Waals surface area contributed by atoms with Crippen LogP contribution in [0, 0.1) is 0 Å². The minimum Gasteiger partial charge on any atom is -0.497 e. The van der Waals surface area contributed by atoms with Crippen molar-refractivity contribution in [1.82, 2.24) is 9.88 Å². The number of rotatable bonds is 5. The Bertz CT molecular complexity index is 1220. The average molecular weight is 414 g/mol. The van der Waals surface area contributed by atoms with Crippen molar-refractivity contribution >= 4 is 33.3 Å². The fraction of sp³-hybridized carbons (Fsp3) is 0.269. The number of hydrogen-bond acceptors (Lipinski definition) is 3. The molecule has 0 saturated carbocycles. The van der Waals surface area contributed by atoms with Crippen LogP contribution in [0.4, 0.5) is 5.69 Å². The number of benzene rings is 3. The molecule has 1 amide bonds. The van der Waals surface area contributed by atoms with E-state index in [4.69, 9.17) is 4.74 Å². The van der Waals surface area contributed by atoms with Crippen LogP contribution in [-0.4, -0.2) is 42.5 Å². The summed E-state index contributed by atoms with van der Waals surface area (Å²) in [5, 5.41) is 6.56. The summed E-state index contributed by atoms with van der Waals surface area (Å²) in [5.74, 6) is 1.43. The molecule has 4 aromatic rings. The van der Waals surface area contributed by atoms with E-state index >= 15 is 0 Å². The van der Waals surface area contributed by atoms with E-state index in [-0.39, 0.29) is 5.91 Å². The van der Waals surface area contributed by atoms with Crippen LogP contribution in [0.2, 0.25) is 0 Å². The average Bonchev–Trinajstić information content (AvgIpc) is 3.23. The Morgan fingerprint density at radius 2 is 1.87 bits per heavy atom. The highest BCUT2D eigenvalue weighted by Crippen LogP contribution is 2.34. The largest absolute Gasteiger partial charge is 0.497 e. The molecule has 3 aromatic carbocycles. The van der Waals surface area contributed by atoms with Crippen molar-refractivity contribution in [1.29, 1.82) is 0 Å². The van der Waals surface area contributed by atoms with Crippen molar-refractivity contribution < 1.29 is 9.53 Å². The molecule has 0 atom stereocenters. The number of carbonyl (C=O) groups excluding carboxylic acids is 1. The molecule has 0 radical (unpaired) electrons. The van der Waals surface area contributed by atoms with Crippen LogP contribution >= 0.6 is 0 Å². The van der Waals surface area contributed by atoms with E-state index in [1.807, 2.05) is 36.4 Å². The first-order valence-electron chi connectivity index (χ1n) is 10.9. The summed E-state index contributed by atoms with van der Waals surface area (Å²) in [7, 11) is 1.70. The molecule has 31 heavy (non-hydrogen) atoms. The van der Waals surface area contributed by atoms with Gasteiger partial charge in [-0.2, -0.15) is 0 Å². The lowest BCUT2D eigenvalue weighted by atomic mass is 9.89. The lowest BCUT2D eigenvalue weighted by Gasteiger charge is -2.31. The summed E-state index contributed by atoms with van der Waals surface area (Å²) >= 11 is 0. The van der Waals surface area contributed by atoms with Gasteiger partial charge in [0.1, 0.15) is 5.75 Å². The summed E-state index contributed by atoms with van der Waals surface area (Å²) < 4.78 is 5.40. The summed E-state index contributed by atoms with van der Waals surface area (Å²) in [6, 6.07) is 20.3. The quantitative estimate of drug-likeness (QED) is 0.476. The number of carbonyl (C=O) groups is 1. The van der Waals surface area contributed by atoms with Gasteiger partial charge < -0.3 is 15.0 Å². The van der Waals surface area contributed by atoms with Gasteiger partial charge in [-0.15, -0.1) is 0 Å². The van der Waals surface area contributed by atoms with E-state index in [1.165, 1.54) is 10.9 Å². The first kappa shape index (κ1) is 19.6. The van der Waals surface area contributed by atoms with Crippen molar-refractivity contribution in [3.05, 3.63) is 72.4 Å². The monoisotopic (exact) mass is 413 g/mol. The van der Waals surface area contributed by atoms with Gasteiger partial charge in [0.05, 0.1) is 13.7 Å².